The van der Waals surface area contributed by atoms with Crippen LogP contribution in [0.25, 0.3) is 10.8 Å². The molecule has 3 aromatic carbocycles. The van der Waals surface area contributed by atoms with E-state index >= 15 is 0 Å². The molecule has 1 aliphatic heterocycles. The van der Waals surface area contributed by atoms with Gasteiger partial charge in [-0.25, -0.2) is 8.42 Å². The predicted octanol–water partition coefficient (Wildman–Crippen LogP) is 2.99. The maximum absolute atomic E-state index is 12.7. The number of hydrogen-bond donors (Lipinski definition) is 1. The molecule has 0 fully saturated rings. The number of hydrogen-bond acceptors (Lipinski definition) is 4. The normalized spacial score (nSPS) is 16.2. The number of nitrogens with zero attached hydrogens (tertiary/aromatic N) is 1. The Morgan fingerprint density at radius 1 is 1.10 bits per heavy atom. The van der Waals surface area contributed by atoms with Crippen LogP contribution >= 0.6 is 0 Å². The summed E-state index contributed by atoms with van der Waals surface area (Å²) in [5.41, 5.74) is 2.34. The first-order valence-corrected chi connectivity index (χ1v) is 11.2. The van der Waals surface area contributed by atoms with E-state index < -0.39 is 16.1 Å². The Balaban J connectivity index is 1.52. The third-order valence-electron chi connectivity index (χ3n) is 4.96. The zero-order chi connectivity index (χ0) is 20.6. The van der Waals surface area contributed by atoms with Crippen molar-refractivity contribution < 1.29 is 17.9 Å². The Kier molecular flexibility index (Phi) is 4.92. The van der Waals surface area contributed by atoms with Crippen LogP contribution in [0.3, 0.4) is 0 Å². The number of sulfonamides is 1. The van der Waals surface area contributed by atoms with Crippen LogP contribution in [0, 0.1) is 6.92 Å². The second-order valence-electron chi connectivity index (χ2n) is 7.27. The van der Waals surface area contributed by atoms with Crippen molar-refractivity contribution in [3.63, 3.8) is 0 Å². The molecule has 150 valence electrons. The van der Waals surface area contributed by atoms with Gasteiger partial charge in [-0.05, 0) is 47.0 Å². The molecule has 6 nitrogen and oxygen atoms in total. The van der Waals surface area contributed by atoms with Crippen LogP contribution in [-0.2, 0) is 21.4 Å². The van der Waals surface area contributed by atoms with Gasteiger partial charge in [0.15, 0.2) is 6.10 Å². The van der Waals surface area contributed by atoms with E-state index in [0.717, 1.165) is 28.2 Å². The van der Waals surface area contributed by atoms with Gasteiger partial charge in [0.1, 0.15) is 5.75 Å². The van der Waals surface area contributed by atoms with Crippen LogP contribution in [0.2, 0.25) is 0 Å². The molecule has 0 aromatic heterocycles. The van der Waals surface area contributed by atoms with Gasteiger partial charge in [0.2, 0.25) is 10.0 Å². The van der Waals surface area contributed by atoms with Gasteiger partial charge in [-0.15, -0.1) is 0 Å². The number of benzene rings is 3. The van der Waals surface area contributed by atoms with Gasteiger partial charge >= 0.3 is 0 Å². The first-order valence-electron chi connectivity index (χ1n) is 9.32. The molecule has 1 amide bonds. The lowest BCUT2D eigenvalue weighted by atomic mass is 10.1. The highest BCUT2D eigenvalue weighted by molar-refractivity contribution is 7.92. The van der Waals surface area contributed by atoms with Gasteiger partial charge in [-0.2, -0.15) is 0 Å². The van der Waals surface area contributed by atoms with Crippen LogP contribution in [-0.4, -0.2) is 33.2 Å². The summed E-state index contributed by atoms with van der Waals surface area (Å²) in [4.78, 5) is 12.7. The van der Waals surface area contributed by atoms with Gasteiger partial charge in [-0.1, -0.05) is 42.5 Å². The second kappa shape index (κ2) is 7.40. The molecule has 1 aliphatic rings. The zero-order valence-corrected chi connectivity index (χ0v) is 17.1. The SMILES string of the molecule is Cc1ccc2c(c1)O[C@@H](C(=O)NCc1ccc3ccccc3c1)CN2S(C)(=O)=O. The summed E-state index contributed by atoms with van der Waals surface area (Å²) in [5.74, 6) is 0.0477. The molecule has 0 saturated heterocycles. The van der Waals surface area contributed by atoms with Gasteiger partial charge < -0.3 is 10.1 Å². The van der Waals surface area contributed by atoms with E-state index in [9.17, 15) is 13.2 Å². The third kappa shape index (κ3) is 4.05. The first-order chi connectivity index (χ1) is 13.8. The van der Waals surface area contributed by atoms with Crippen LogP contribution in [0.5, 0.6) is 5.75 Å². The van der Waals surface area contributed by atoms with Crippen LogP contribution in [0.4, 0.5) is 5.69 Å². The topological polar surface area (TPSA) is 75.7 Å². The first kappa shape index (κ1) is 19.3. The molecule has 7 heteroatoms. The van der Waals surface area contributed by atoms with Crippen molar-refractivity contribution in [1.29, 1.82) is 0 Å². The van der Waals surface area contributed by atoms with Gasteiger partial charge in [0.05, 0.1) is 18.5 Å². The van der Waals surface area contributed by atoms with Crippen molar-refractivity contribution in [3.05, 3.63) is 71.8 Å². The smallest absolute Gasteiger partial charge is 0.263 e. The fourth-order valence-corrected chi connectivity index (χ4v) is 4.38. The summed E-state index contributed by atoms with van der Waals surface area (Å²) in [5, 5.41) is 5.10. The minimum absolute atomic E-state index is 0.0571. The molecule has 1 N–H and O–H groups in total. The monoisotopic (exact) mass is 410 g/mol. The molecule has 0 saturated carbocycles. The highest BCUT2D eigenvalue weighted by Gasteiger charge is 2.34. The molecule has 0 aliphatic carbocycles. The molecule has 0 spiro atoms. The van der Waals surface area contributed by atoms with E-state index in [1.54, 1.807) is 12.1 Å². The quantitative estimate of drug-likeness (QED) is 0.718. The van der Waals surface area contributed by atoms with E-state index in [1.165, 1.54) is 4.31 Å². The van der Waals surface area contributed by atoms with E-state index in [-0.39, 0.29) is 12.5 Å². The number of aryl methyl sites for hydroxylation is 1. The van der Waals surface area contributed by atoms with Crippen molar-refractivity contribution >= 4 is 32.4 Å². The fraction of sp³-hybridized carbons (Fsp3) is 0.227. The molecule has 1 atom stereocenters. The Morgan fingerprint density at radius 3 is 2.62 bits per heavy atom. The van der Waals surface area contributed by atoms with Crippen molar-refractivity contribution in [2.45, 2.75) is 19.6 Å². The predicted molar refractivity (Wildman–Crippen MR) is 114 cm³/mol. The van der Waals surface area contributed by atoms with E-state index in [0.29, 0.717) is 18.0 Å². The summed E-state index contributed by atoms with van der Waals surface area (Å²) in [6, 6.07) is 19.3. The van der Waals surface area contributed by atoms with Gasteiger partial charge in [0.25, 0.3) is 5.91 Å². The number of carbonyl (C=O) groups is 1. The maximum Gasteiger partial charge on any atom is 0.263 e. The van der Waals surface area contributed by atoms with Crippen molar-refractivity contribution in [1.82, 2.24) is 5.32 Å². The minimum atomic E-state index is -3.54. The van der Waals surface area contributed by atoms with Crippen LogP contribution in [0.1, 0.15) is 11.1 Å². The van der Waals surface area contributed by atoms with Crippen LogP contribution < -0.4 is 14.4 Å². The number of rotatable bonds is 4. The lowest BCUT2D eigenvalue weighted by Gasteiger charge is -2.34. The number of fused-ring (bicyclic) bond motifs is 2. The van der Waals surface area contributed by atoms with Crippen molar-refractivity contribution in [2.75, 3.05) is 17.1 Å². The average molecular weight is 410 g/mol. The van der Waals surface area contributed by atoms with Crippen molar-refractivity contribution in [3.8, 4) is 5.75 Å². The second-order valence-corrected chi connectivity index (χ2v) is 9.18. The highest BCUT2D eigenvalue weighted by atomic mass is 32.2. The van der Waals surface area contributed by atoms with Crippen LogP contribution in [0.15, 0.2) is 60.7 Å². The maximum atomic E-state index is 12.7. The van der Waals surface area contributed by atoms with E-state index in [2.05, 4.69) is 5.32 Å². The van der Waals surface area contributed by atoms with E-state index in [4.69, 9.17) is 4.74 Å². The molecule has 0 radical (unpaired) electrons. The minimum Gasteiger partial charge on any atom is -0.476 e. The molecular weight excluding hydrogens is 388 g/mol. The number of anilines is 1. The lowest BCUT2D eigenvalue weighted by molar-refractivity contribution is -0.127. The average Bonchev–Trinajstić information content (AvgIpc) is 2.70. The van der Waals surface area contributed by atoms with Crippen molar-refractivity contribution in [2.24, 2.45) is 0 Å². The van der Waals surface area contributed by atoms with Gasteiger partial charge in [0, 0.05) is 6.54 Å². The Bertz CT molecular complexity index is 1190. The zero-order valence-electron chi connectivity index (χ0n) is 16.3. The molecule has 1 heterocycles. The standard InChI is InChI=1S/C22H22N2O4S/c1-15-7-10-19-20(11-15)28-21(14-24(19)29(2,26)27)22(25)23-13-16-8-9-17-5-3-4-6-18(17)12-16/h3-12,21H,13-14H2,1-2H3,(H,23,25)/t21-/m1/s1. The molecule has 0 bridgehead atoms. The largest absolute Gasteiger partial charge is 0.476 e. The van der Waals surface area contributed by atoms with Gasteiger partial charge in [-0.3, -0.25) is 9.10 Å². The number of nitrogens with one attached hydrogen (secondary N) is 1. The highest BCUT2D eigenvalue weighted by Crippen LogP contribution is 2.35. The summed E-state index contributed by atoms with van der Waals surface area (Å²) >= 11 is 0. The summed E-state index contributed by atoms with van der Waals surface area (Å²) in [6.45, 7) is 2.17. The Hall–Kier alpha value is -3.06. The molecule has 3 aromatic rings. The Morgan fingerprint density at radius 2 is 1.86 bits per heavy atom. The molecule has 0 unspecified atom stereocenters. The number of ether oxygens (including phenoxy) is 1. The fourth-order valence-electron chi connectivity index (χ4n) is 3.46. The number of carbonyl (C=O) groups excluding carboxylic acids is 1. The number of amides is 1. The summed E-state index contributed by atoms with van der Waals surface area (Å²) in [7, 11) is -3.54. The third-order valence-corrected chi connectivity index (χ3v) is 6.10. The summed E-state index contributed by atoms with van der Waals surface area (Å²) < 4.78 is 31.6. The molecular formula is C22H22N2O4S. The molecule has 4 rings (SSSR count). The lowest BCUT2D eigenvalue weighted by Crippen LogP contribution is -2.50. The Labute approximate surface area is 170 Å². The molecule has 29 heavy (non-hydrogen) atoms. The van der Waals surface area contributed by atoms with E-state index in [1.807, 2.05) is 55.5 Å². The summed E-state index contributed by atoms with van der Waals surface area (Å²) in [6.07, 6.45) is 0.214.